The van der Waals surface area contributed by atoms with Gasteiger partial charge in [0.1, 0.15) is 0 Å². The van der Waals surface area contributed by atoms with E-state index in [4.69, 9.17) is 5.21 Å². The summed E-state index contributed by atoms with van der Waals surface area (Å²) in [5, 5.41) is 15.1. The number of aryl methyl sites for hydroxylation is 2. The zero-order chi connectivity index (χ0) is 7.56. The van der Waals surface area contributed by atoms with E-state index in [0.717, 1.165) is 11.4 Å². The molecule has 0 aliphatic rings. The van der Waals surface area contributed by atoms with Gasteiger partial charge in [0.2, 0.25) is 0 Å². The maximum atomic E-state index is 8.18. The Morgan fingerprint density at radius 1 is 1.80 bits per heavy atom. The largest absolute Gasteiger partial charge is 0.411 e. The van der Waals surface area contributed by atoms with E-state index in [9.17, 15) is 0 Å². The van der Waals surface area contributed by atoms with E-state index in [2.05, 4.69) is 10.3 Å². The van der Waals surface area contributed by atoms with Gasteiger partial charge in [-0.2, -0.15) is 5.10 Å². The summed E-state index contributed by atoms with van der Waals surface area (Å²) in [5.74, 6) is 0. The van der Waals surface area contributed by atoms with Crippen LogP contribution in [-0.2, 0) is 7.05 Å². The molecule has 0 spiro atoms. The Bertz CT molecular complexity index is 251. The normalized spacial score (nSPS) is 11.0. The third kappa shape index (κ3) is 1.15. The van der Waals surface area contributed by atoms with Crippen molar-refractivity contribution in [2.45, 2.75) is 6.92 Å². The van der Waals surface area contributed by atoms with Crippen molar-refractivity contribution in [2.75, 3.05) is 0 Å². The topological polar surface area (TPSA) is 50.4 Å². The van der Waals surface area contributed by atoms with Crippen LogP contribution in [0.1, 0.15) is 11.4 Å². The van der Waals surface area contributed by atoms with Gasteiger partial charge in [-0.05, 0) is 13.0 Å². The van der Waals surface area contributed by atoms with Gasteiger partial charge in [0.05, 0.1) is 17.6 Å². The second-order valence-electron chi connectivity index (χ2n) is 2.08. The molecule has 0 amide bonds. The van der Waals surface area contributed by atoms with Gasteiger partial charge >= 0.3 is 0 Å². The molecule has 10 heavy (non-hydrogen) atoms. The molecule has 0 bridgehead atoms. The highest BCUT2D eigenvalue weighted by molar-refractivity contribution is 5.76. The summed E-state index contributed by atoms with van der Waals surface area (Å²) in [5.41, 5.74) is 1.71. The van der Waals surface area contributed by atoms with Crippen LogP contribution in [0.3, 0.4) is 0 Å². The molecule has 1 rings (SSSR count). The summed E-state index contributed by atoms with van der Waals surface area (Å²) in [7, 11) is 1.80. The van der Waals surface area contributed by atoms with Crippen LogP contribution in [0.2, 0.25) is 0 Å². The van der Waals surface area contributed by atoms with E-state index < -0.39 is 0 Å². The quantitative estimate of drug-likeness (QED) is 0.350. The molecule has 1 aromatic rings. The molecule has 0 aliphatic heterocycles. The monoisotopic (exact) mass is 139 g/mol. The summed E-state index contributed by atoms with van der Waals surface area (Å²) in [4.78, 5) is 0. The molecule has 0 saturated carbocycles. The minimum atomic E-state index is 0.792. The van der Waals surface area contributed by atoms with Crippen LogP contribution in [0.4, 0.5) is 0 Å². The SMILES string of the molecule is Cc1cc(/C=N/O)n(C)n1. The Morgan fingerprint density at radius 2 is 2.50 bits per heavy atom. The maximum absolute atomic E-state index is 8.18. The molecule has 1 aromatic heterocycles. The second kappa shape index (κ2) is 2.51. The zero-order valence-corrected chi connectivity index (χ0v) is 5.94. The van der Waals surface area contributed by atoms with Gasteiger partial charge in [-0.25, -0.2) is 0 Å². The third-order valence-corrected chi connectivity index (χ3v) is 1.23. The molecule has 54 valence electrons. The number of oxime groups is 1. The van der Waals surface area contributed by atoms with E-state index in [0.29, 0.717) is 0 Å². The third-order valence-electron chi connectivity index (χ3n) is 1.23. The van der Waals surface area contributed by atoms with E-state index in [1.54, 1.807) is 11.7 Å². The van der Waals surface area contributed by atoms with Crippen molar-refractivity contribution in [1.82, 2.24) is 9.78 Å². The number of hydrogen-bond acceptors (Lipinski definition) is 3. The first kappa shape index (κ1) is 6.80. The van der Waals surface area contributed by atoms with Crippen molar-refractivity contribution in [2.24, 2.45) is 12.2 Å². The van der Waals surface area contributed by atoms with E-state index in [-0.39, 0.29) is 0 Å². The number of hydrogen-bond donors (Lipinski definition) is 1. The number of aromatic nitrogens is 2. The van der Waals surface area contributed by atoms with Crippen LogP contribution in [0.5, 0.6) is 0 Å². The van der Waals surface area contributed by atoms with Gasteiger partial charge in [0, 0.05) is 7.05 Å². The Balaban J connectivity index is 3.03. The van der Waals surface area contributed by atoms with Crippen molar-refractivity contribution in [3.8, 4) is 0 Å². The van der Waals surface area contributed by atoms with Gasteiger partial charge in [-0.3, -0.25) is 4.68 Å². The molecule has 0 radical (unpaired) electrons. The number of rotatable bonds is 1. The lowest BCUT2D eigenvalue weighted by Crippen LogP contribution is -1.96. The Morgan fingerprint density at radius 3 is 2.90 bits per heavy atom. The fraction of sp³-hybridized carbons (Fsp3) is 0.333. The first-order valence-electron chi connectivity index (χ1n) is 2.92. The molecular weight excluding hydrogens is 130 g/mol. The summed E-state index contributed by atoms with van der Waals surface area (Å²) >= 11 is 0. The van der Waals surface area contributed by atoms with Gasteiger partial charge in [-0.15, -0.1) is 0 Å². The van der Waals surface area contributed by atoms with Crippen LogP contribution in [0, 0.1) is 6.92 Å². The Labute approximate surface area is 58.8 Å². The predicted molar refractivity (Wildman–Crippen MR) is 37.3 cm³/mol. The van der Waals surface area contributed by atoms with Crippen LogP contribution < -0.4 is 0 Å². The van der Waals surface area contributed by atoms with Crippen molar-refractivity contribution in [3.63, 3.8) is 0 Å². The highest BCUT2D eigenvalue weighted by atomic mass is 16.4. The van der Waals surface area contributed by atoms with Gasteiger partial charge in [0.15, 0.2) is 0 Å². The minimum Gasteiger partial charge on any atom is -0.411 e. The van der Waals surface area contributed by atoms with Crippen LogP contribution >= 0.6 is 0 Å². The highest BCUT2D eigenvalue weighted by Crippen LogP contribution is 1.97. The standard InChI is InChI=1S/C6H9N3O/c1-5-3-6(4-7-10)9(2)8-5/h3-4,10H,1-2H3/b7-4+. The summed E-state index contributed by atoms with van der Waals surface area (Å²) < 4.78 is 1.65. The van der Waals surface area contributed by atoms with Gasteiger partial charge in [0.25, 0.3) is 0 Å². The lowest BCUT2D eigenvalue weighted by atomic mass is 10.4. The van der Waals surface area contributed by atoms with E-state index >= 15 is 0 Å². The molecule has 0 aromatic carbocycles. The molecule has 0 atom stereocenters. The van der Waals surface area contributed by atoms with Gasteiger partial charge in [-0.1, -0.05) is 5.16 Å². The van der Waals surface area contributed by atoms with Gasteiger partial charge < -0.3 is 5.21 Å². The van der Waals surface area contributed by atoms with Crippen molar-refractivity contribution in [3.05, 3.63) is 17.5 Å². The average Bonchev–Trinajstić information content (AvgIpc) is 2.13. The van der Waals surface area contributed by atoms with Crippen molar-refractivity contribution >= 4 is 6.21 Å². The molecule has 4 heteroatoms. The molecule has 0 saturated heterocycles. The van der Waals surface area contributed by atoms with Crippen LogP contribution in [0.15, 0.2) is 11.2 Å². The molecule has 0 aliphatic carbocycles. The van der Waals surface area contributed by atoms with Crippen molar-refractivity contribution < 1.29 is 5.21 Å². The van der Waals surface area contributed by atoms with Crippen LogP contribution in [0.25, 0.3) is 0 Å². The summed E-state index contributed by atoms with van der Waals surface area (Å²) in [6.45, 7) is 1.88. The lowest BCUT2D eigenvalue weighted by Gasteiger charge is -1.89. The fourth-order valence-corrected chi connectivity index (χ4v) is 0.811. The molecule has 1 heterocycles. The minimum absolute atomic E-state index is 0.792. The molecule has 0 unspecified atom stereocenters. The molecular formula is C6H9N3O. The summed E-state index contributed by atoms with van der Waals surface area (Å²) in [6.07, 6.45) is 1.35. The Hall–Kier alpha value is -1.32. The Kier molecular flexibility index (Phi) is 1.71. The second-order valence-corrected chi connectivity index (χ2v) is 2.08. The molecule has 1 N–H and O–H groups in total. The average molecular weight is 139 g/mol. The highest BCUT2D eigenvalue weighted by Gasteiger charge is 1.96. The van der Waals surface area contributed by atoms with E-state index in [1.807, 2.05) is 13.0 Å². The van der Waals surface area contributed by atoms with Crippen molar-refractivity contribution in [1.29, 1.82) is 0 Å². The lowest BCUT2D eigenvalue weighted by molar-refractivity contribution is 0.321. The number of nitrogens with zero attached hydrogens (tertiary/aromatic N) is 3. The predicted octanol–water partition coefficient (Wildman–Crippen LogP) is 0.537. The fourth-order valence-electron chi connectivity index (χ4n) is 0.811. The smallest absolute Gasteiger partial charge is 0.0914 e. The van der Waals surface area contributed by atoms with Crippen LogP contribution in [-0.4, -0.2) is 21.2 Å². The molecule has 4 nitrogen and oxygen atoms in total. The maximum Gasteiger partial charge on any atom is 0.0914 e. The zero-order valence-electron chi connectivity index (χ0n) is 5.94. The van der Waals surface area contributed by atoms with E-state index in [1.165, 1.54) is 6.21 Å². The summed E-state index contributed by atoms with van der Waals surface area (Å²) in [6, 6.07) is 1.83. The molecule has 0 fully saturated rings. The first-order chi connectivity index (χ1) is 4.74. The first-order valence-corrected chi connectivity index (χ1v) is 2.92.